The van der Waals surface area contributed by atoms with E-state index in [1.807, 2.05) is 12.1 Å². The SMILES string of the molecule is Cc1nc(C2CCN(C(=O)Nc3ccccc3Cl)CC2)cc(=O)[nH]1. The number of carbonyl (C=O) groups excluding carboxylic acids is 1. The van der Waals surface area contributed by atoms with Gasteiger partial charge in [0, 0.05) is 25.1 Å². The van der Waals surface area contributed by atoms with Gasteiger partial charge in [0.25, 0.3) is 5.56 Å². The van der Waals surface area contributed by atoms with E-state index in [1.54, 1.807) is 30.0 Å². The third kappa shape index (κ3) is 3.76. The van der Waals surface area contributed by atoms with Crippen LogP contribution in [0.1, 0.15) is 30.3 Å². The molecule has 0 bridgehead atoms. The van der Waals surface area contributed by atoms with E-state index in [9.17, 15) is 9.59 Å². The van der Waals surface area contributed by atoms with Gasteiger partial charge in [0.1, 0.15) is 5.82 Å². The van der Waals surface area contributed by atoms with E-state index in [0.29, 0.717) is 29.6 Å². The number of para-hydroxylation sites is 1. The summed E-state index contributed by atoms with van der Waals surface area (Å²) in [5.41, 5.74) is 1.29. The Kier molecular flexibility index (Phi) is 4.85. The van der Waals surface area contributed by atoms with Gasteiger partial charge in [0.15, 0.2) is 0 Å². The number of aromatic nitrogens is 2. The molecule has 126 valence electrons. The highest BCUT2D eigenvalue weighted by molar-refractivity contribution is 6.33. The van der Waals surface area contributed by atoms with Crippen LogP contribution in [0.15, 0.2) is 35.1 Å². The molecule has 2 heterocycles. The summed E-state index contributed by atoms with van der Waals surface area (Å²) in [7, 11) is 0. The van der Waals surface area contributed by atoms with Crippen molar-refractivity contribution in [1.29, 1.82) is 0 Å². The number of hydrogen-bond acceptors (Lipinski definition) is 3. The number of rotatable bonds is 2. The molecule has 1 aromatic heterocycles. The second-order valence-electron chi connectivity index (χ2n) is 5.93. The number of aromatic amines is 1. The highest BCUT2D eigenvalue weighted by Crippen LogP contribution is 2.27. The Hall–Kier alpha value is -2.34. The fourth-order valence-corrected chi connectivity index (χ4v) is 3.13. The van der Waals surface area contributed by atoms with Crippen LogP contribution in [0.2, 0.25) is 5.02 Å². The zero-order valence-corrected chi connectivity index (χ0v) is 14.1. The maximum Gasteiger partial charge on any atom is 0.321 e. The number of aryl methyl sites for hydroxylation is 1. The lowest BCUT2D eigenvalue weighted by Crippen LogP contribution is -2.40. The molecule has 2 N–H and O–H groups in total. The van der Waals surface area contributed by atoms with Crippen LogP contribution in [-0.2, 0) is 0 Å². The molecule has 6 nitrogen and oxygen atoms in total. The number of urea groups is 1. The number of piperidine rings is 1. The predicted octanol–water partition coefficient (Wildman–Crippen LogP) is 3.14. The summed E-state index contributed by atoms with van der Waals surface area (Å²) in [6, 6.07) is 8.56. The molecule has 1 aliphatic rings. The molecule has 0 radical (unpaired) electrons. The monoisotopic (exact) mass is 346 g/mol. The minimum atomic E-state index is -0.156. The maximum atomic E-state index is 12.4. The molecule has 1 saturated heterocycles. The van der Waals surface area contributed by atoms with Crippen LogP contribution in [0, 0.1) is 6.92 Å². The molecule has 1 fully saturated rings. The highest BCUT2D eigenvalue weighted by Gasteiger charge is 2.25. The van der Waals surface area contributed by atoms with Crippen LogP contribution in [-0.4, -0.2) is 34.0 Å². The molecule has 0 unspecified atom stereocenters. The van der Waals surface area contributed by atoms with Crippen molar-refractivity contribution in [3.05, 3.63) is 57.2 Å². The summed E-state index contributed by atoms with van der Waals surface area (Å²) in [4.78, 5) is 32.8. The molecule has 0 saturated carbocycles. The van der Waals surface area contributed by atoms with Crippen molar-refractivity contribution in [2.45, 2.75) is 25.7 Å². The summed E-state index contributed by atoms with van der Waals surface area (Å²) in [5, 5.41) is 3.35. The first-order valence-electron chi connectivity index (χ1n) is 7.91. The van der Waals surface area contributed by atoms with E-state index in [4.69, 9.17) is 11.6 Å². The number of halogens is 1. The van der Waals surface area contributed by atoms with Crippen LogP contribution >= 0.6 is 11.6 Å². The van der Waals surface area contributed by atoms with Crippen LogP contribution in [0.25, 0.3) is 0 Å². The van der Waals surface area contributed by atoms with Gasteiger partial charge in [-0.05, 0) is 31.9 Å². The normalized spacial score (nSPS) is 15.3. The van der Waals surface area contributed by atoms with E-state index in [2.05, 4.69) is 15.3 Å². The first kappa shape index (κ1) is 16.5. The van der Waals surface area contributed by atoms with E-state index in [1.165, 1.54) is 0 Å². The fourth-order valence-electron chi connectivity index (χ4n) is 2.95. The molecule has 2 amide bonds. The summed E-state index contributed by atoms with van der Waals surface area (Å²) in [6.07, 6.45) is 1.57. The fraction of sp³-hybridized carbons (Fsp3) is 0.353. The molecule has 24 heavy (non-hydrogen) atoms. The van der Waals surface area contributed by atoms with Gasteiger partial charge in [-0.1, -0.05) is 23.7 Å². The average Bonchev–Trinajstić information content (AvgIpc) is 2.56. The van der Waals surface area contributed by atoms with Gasteiger partial charge in [-0.15, -0.1) is 0 Å². The van der Waals surface area contributed by atoms with Gasteiger partial charge in [-0.25, -0.2) is 9.78 Å². The third-order valence-electron chi connectivity index (χ3n) is 4.20. The van der Waals surface area contributed by atoms with E-state index in [0.717, 1.165) is 18.5 Å². The Morgan fingerprint density at radius 3 is 2.71 bits per heavy atom. The van der Waals surface area contributed by atoms with Crippen molar-refractivity contribution in [3.63, 3.8) is 0 Å². The van der Waals surface area contributed by atoms with Gasteiger partial charge >= 0.3 is 6.03 Å². The second kappa shape index (κ2) is 7.05. The molecular formula is C17H19ClN4O2. The quantitative estimate of drug-likeness (QED) is 0.876. The van der Waals surface area contributed by atoms with Crippen molar-refractivity contribution in [2.75, 3.05) is 18.4 Å². The number of likely N-dealkylation sites (tertiary alicyclic amines) is 1. The van der Waals surface area contributed by atoms with Crippen LogP contribution in [0.4, 0.5) is 10.5 Å². The number of nitrogens with zero attached hydrogens (tertiary/aromatic N) is 2. The third-order valence-corrected chi connectivity index (χ3v) is 4.53. The smallest absolute Gasteiger partial charge is 0.321 e. The Morgan fingerprint density at radius 1 is 1.33 bits per heavy atom. The zero-order chi connectivity index (χ0) is 17.1. The van der Waals surface area contributed by atoms with Crippen molar-refractivity contribution >= 4 is 23.3 Å². The first-order chi connectivity index (χ1) is 11.5. The Bertz CT molecular complexity index is 797. The predicted molar refractivity (Wildman–Crippen MR) is 93.6 cm³/mol. The number of amides is 2. The first-order valence-corrected chi connectivity index (χ1v) is 8.29. The molecule has 3 rings (SSSR count). The Balaban J connectivity index is 1.61. The second-order valence-corrected chi connectivity index (χ2v) is 6.33. The van der Waals surface area contributed by atoms with Crippen LogP contribution < -0.4 is 10.9 Å². The summed E-state index contributed by atoms with van der Waals surface area (Å²) in [5.74, 6) is 0.826. The molecule has 1 aliphatic heterocycles. The molecule has 7 heteroatoms. The number of anilines is 1. The van der Waals surface area contributed by atoms with E-state index < -0.39 is 0 Å². The number of carbonyl (C=O) groups is 1. The van der Waals surface area contributed by atoms with Crippen LogP contribution in [0.3, 0.4) is 0 Å². The van der Waals surface area contributed by atoms with Crippen molar-refractivity contribution in [1.82, 2.24) is 14.9 Å². The van der Waals surface area contributed by atoms with Crippen molar-refractivity contribution in [3.8, 4) is 0 Å². The molecule has 0 aliphatic carbocycles. The van der Waals surface area contributed by atoms with Gasteiger partial charge in [0.05, 0.1) is 16.4 Å². The van der Waals surface area contributed by atoms with Crippen molar-refractivity contribution in [2.24, 2.45) is 0 Å². The maximum absolute atomic E-state index is 12.4. The lowest BCUT2D eigenvalue weighted by molar-refractivity contribution is 0.194. The number of benzene rings is 1. The largest absolute Gasteiger partial charge is 0.324 e. The van der Waals surface area contributed by atoms with Crippen molar-refractivity contribution < 1.29 is 4.79 Å². The molecule has 1 aromatic carbocycles. The highest BCUT2D eigenvalue weighted by atomic mass is 35.5. The lowest BCUT2D eigenvalue weighted by atomic mass is 9.93. The van der Waals surface area contributed by atoms with Gasteiger partial charge in [-0.2, -0.15) is 0 Å². The summed E-state index contributed by atoms with van der Waals surface area (Å²) < 4.78 is 0. The molecular weight excluding hydrogens is 328 g/mol. The summed E-state index contributed by atoms with van der Waals surface area (Å²) in [6.45, 7) is 3.01. The minimum Gasteiger partial charge on any atom is -0.324 e. The Labute approximate surface area is 144 Å². The number of H-pyrrole nitrogens is 1. The number of hydrogen-bond donors (Lipinski definition) is 2. The van der Waals surface area contributed by atoms with Gasteiger partial charge in [-0.3, -0.25) is 4.79 Å². The van der Waals surface area contributed by atoms with E-state index >= 15 is 0 Å². The minimum absolute atomic E-state index is 0.128. The number of nitrogens with one attached hydrogen (secondary N) is 2. The van der Waals surface area contributed by atoms with Gasteiger partial charge < -0.3 is 15.2 Å². The Morgan fingerprint density at radius 2 is 2.04 bits per heavy atom. The van der Waals surface area contributed by atoms with Gasteiger partial charge in [0.2, 0.25) is 0 Å². The lowest BCUT2D eigenvalue weighted by Gasteiger charge is -2.31. The summed E-state index contributed by atoms with van der Waals surface area (Å²) >= 11 is 6.07. The van der Waals surface area contributed by atoms with Crippen LogP contribution in [0.5, 0.6) is 0 Å². The molecule has 2 aromatic rings. The average molecular weight is 347 g/mol. The molecule has 0 atom stereocenters. The standard InChI is InChI=1S/C17H19ClN4O2/c1-11-19-15(10-16(23)20-11)12-6-8-22(9-7-12)17(24)21-14-5-3-2-4-13(14)18/h2-5,10,12H,6-9H2,1H3,(H,21,24)(H,19,20,23). The molecule has 0 spiro atoms. The van der Waals surface area contributed by atoms with E-state index in [-0.39, 0.29) is 17.5 Å². The zero-order valence-electron chi connectivity index (χ0n) is 13.4. The topological polar surface area (TPSA) is 78.1 Å².